The molecule has 0 saturated heterocycles. The maximum Gasteiger partial charge on any atom is 0.138 e. The van der Waals surface area contributed by atoms with E-state index in [-0.39, 0.29) is 0 Å². The maximum atomic E-state index is 6.12. The van der Waals surface area contributed by atoms with Crippen LogP contribution in [0.3, 0.4) is 0 Å². The Morgan fingerprint density at radius 3 is 2.93 bits per heavy atom. The number of benzene rings is 1. The highest BCUT2D eigenvalue weighted by Crippen LogP contribution is 2.40. The normalized spacial score (nSPS) is 11.3. The molecular weight excluding hydrogens is 294 g/mol. The minimum absolute atomic E-state index is 0.575. The number of rotatable bonds is 0. The number of hydrogen-bond acceptors (Lipinski definition) is 2. The molecule has 0 saturated carbocycles. The number of nitrogens with zero attached hydrogens (tertiary/aromatic N) is 1. The van der Waals surface area contributed by atoms with Gasteiger partial charge in [-0.25, -0.2) is 4.98 Å². The Balaban J connectivity index is 2.66. The van der Waals surface area contributed by atoms with Crippen molar-refractivity contribution in [3.63, 3.8) is 0 Å². The lowest BCUT2D eigenvalue weighted by Gasteiger charge is -1.95. The molecular formula is C11H5BrClNS. The van der Waals surface area contributed by atoms with Gasteiger partial charge in [-0.2, -0.15) is 0 Å². The molecule has 0 fully saturated rings. The van der Waals surface area contributed by atoms with Crippen molar-refractivity contribution in [3.05, 3.63) is 40.1 Å². The second-order valence-electron chi connectivity index (χ2n) is 3.20. The molecule has 0 radical (unpaired) electrons. The van der Waals surface area contributed by atoms with E-state index in [1.54, 1.807) is 17.5 Å². The van der Waals surface area contributed by atoms with E-state index >= 15 is 0 Å². The molecule has 1 nitrogen and oxygen atoms in total. The Labute approximate surface area is 104 Å². The third-order valence-corrected chi connectivity index (χ3v) is 4.66. The van der Waals surface area contributed by atoms with Crippen LogP contribution in [0.4, 0.5) is 0 Å². The molecule has 0 bridgehead atoms. The summed E-state index contributed by atoms with van der Waals surface area (Å²) in [6, 6.07) is 8.23. The van der Waals surface area contributed by atoms with Crippen molar-refractivity contribution < 1.29 is 0 Å². The molecule has 1 aromatic carbocycles. The first kappa shape index (κ1) is 9.58. The highest BCUT2D eigenvalue weighted by molar-refractivity contribution is 9.10. The Morgan fingerprint density at radius 2 is 2.07 bits per heavy atom. The number of halogens is 2. The standard InChI is InChI=1S/C11H5BrClNS/c12-7-5-14-11(13)9-6-3-1-2-4-8(6)15-10(7)9/h1-5H. The summed E-state index contributed by atoms with van der Waals surface area (Å²) in [4.78, 5) is 4.15. The molecule has 0 aliphatic heterocycles. The second kappa shape index (κ2) is 3.44. The van der Waals surface area contributed by atoms with Crippen molar-refractivity contribution in [1.29, 1.82) is 0 Å². The largest absolute Gasteiger partial charge is 0.243 e. The lowest BCUT2D eigenvalue weighted by atomic mass is 10.2. The molecule has 0 atom stereocenters. The molecule has 0 unspecified atom stereocenters. The molecule has 3 rings (SSSR count). The van der Waals surface area contributed by atoms with Gasteiger partial charge in [0, 0.05) is 21.7 Å². The maximum absolute atomic E-state index is 6.12. The smallest absolute Gasteiger partial charge is 0.138 e. The average molecular weight is 299 g/mol. The summed E-state index contributed by atoms with van der Waals surface area (Å²) < 4.78 is 3.41. The highest BCUT2D eigenvalue weighted by atomic mass is 79.9. The molecule has 2 heterocycles. The van der Waals surface area contributed by atoms with Crippen LogP contribution in [-0.2, 0) is 0 Å². The van der Waals surface area contributed by atoms with E-state index in [1.807, 2.05) is 12.1 Å². The van der Waals surface area contributed by atoms with Crippen molar-refractivity contribution >= 4 is 59.0 Å². The van der Waals surface area contributed by atoms with Crippen LogP contribution < -0.4 is 0 Å². The minimum Gasteiger partial charge on any atom is -0.243 e. The molecule has 0 amide bonds. The zero-order valence-electron chi connectivity index (χ0n) is 7.50. The lowest BCUT2D eigenvalue weighted by Crippen LogP contribution is -1.76. The minimum atomic E-state index is 0.575. The van der Waals surface area contributed by atoms with E-state index in [9.17, 15) is 0 Å². The number of hydrogen-bond donors (Lipinski definition) is 0. The summed E-state index contributed by atoms with van der Waals surface area (Å²) in [7, 11) is 0. The monoisotopic (exact) mass is 297 g/mol. The number of thiophene rings is 1. The van der Waals surface area contributed by atoms with E-state index in [4.69, 9.17) is 11.6 Å². The van der Waals surface area contributed by atoms with Crippen LogP contribution in [0.5, 0.6) is 0 Å². The number of fused-ring (bicyclic) bond motifs is 3. The predicted octanol–water partition coefficient (Wildman–Crippen LogP) is 4.87. The highest BCUT2D eigenvalue weighted by Gasteiger charge is 2.11. The fourth-order valence-corrected chi connectivity index (χ4v) is 3.60. The van der Waals surface area contributed by atoms with Crippen molar-refractivity contribution in [2.75, 3.05) is 0 Å². The van der Waals surface area contributed by atoms with Gasteiger partial charge in [0.15, 0.2) is 0 Å². The summed E-state index contributed by atoms with van der Waals surface area (Å²) in [5.41, 5.74) is 0. The fraction of sp³-hybridized carbons (Fsp3) is 0. The molecule has 0 aliphatic carbocycles. The first-order valence-corrected chi connectivity index (χ1v) is 6.37. The van der Waals surface area contributed by atoms with Crippen LogP contribution in [-0.4, -0.2) is 4.98 Å². The molecule has 74 valence electrons. The zero-order valence-corrected chi connectivity index (χ0v) is 10.7. The molecule has 2 aromatic heterocycles. The summed E-state index contributed by atoms with van der Waals surface area (Å²) >= 11 is 11.4. The number of aromatic nitrogens is 1. The zero-order chi connectivity index (χ0) is 10.4. The van der Waals surface area contributed by atoms with Gasteiger partial charge in [-0.3, -0.25) is 0 Å². The van der Waals surface area contributed by atoms with E-state index in [0.717, 1.165) is 14.6 Å². The lowest BCUT2D eigenvalue weighted by molar-refractivity contribution is 1.36. The van der Waals surface area contributed by atoms with Crippen molar-refractivity contribution in [2.45, 2.75) is 0 Å². The van der Waals surface area contributed by atoms with E-state index in [1.165, 1.54) is 10.1 Å². The van der Waals surface area contributed by atoms with Crippen LogP contribution >= 0.6 is 38.9 Å². The van der Waals surface area contributed by atoms with Crippen LogP contribution in [0.2, 0.25) is 5.15 Å². The fourth-order valence-electron chi connectivity index (χ4n) is 1.65. The van der Waals surface area contributed by atoms with Gasteiger partial charge in [0.25, 0.3) is 0 Å². The molecule has 4 heteroatoms. The van der Waals surface area contributed by atoms with Gasteiger partial charge in [0.1, 0.15) is 5.15 Å². The Bertz CT molecular complexity index is 662. The average Bonchev–Trinajstić information content (AvgIpc) is 2.64. The molecule has 0 aliphatic rings. The first-order chi connectivity index (χ1) is 7.27. The van der Waals surface area contributed by atoms with Gasteiger partial charge in [-0.1, -0.05) is 29.8 Å². The number of pyridine rings is 1. The third-order valence-electron chi connectivity index (χ3n) is 2.31. The van der Waals surface area contributed by atoms with E-state index < -0.39 is 0 Å². The van der Waals surface area contributed by atoms with E-state index in [0.29, 0.717) is 5.15 Å². The topological polar surface area (TPSA) is 12.9 Å². The van der Waals surface area contributed by atoms with Crippen LogP contribution in [0.15, 0.2) is 34.9 Å². The van der Waals surface area contributed by atoms with Crippen molar-refractivity contribution in [1.82, 2.24) is 4.98 Å². The Kier molecular flexibility index (Phi) is 2.20. The van der Waals surface area contributed by atoms with Crippen LogP contribution in [0, 0.1) is 0 Å². The van der Waals surface area contributed by atoms with Gasteiger partial charge in [-0.05, 0) is 22.0 Å². The van der Waals surface area contributed by atoms with Gasteiger partial charge in [-0.15, -0.1) is 11.3 Å². The predicted molar refractivity (Wildman–Crippen MR) is 69.8 cm³/mol. The van der Waals surface area contributed by atoms with Crippen molar-refractivity contribution in [2.24, 2.45) is 0 Å². The Hall–Kier alpha value is -0.640. The van der Waals surface area contributed by atoms with Crippen LogP contribution in [0.1, 0.15) is 0 Å². The third kappa shape index (κ3) is 1.38. The van der Waals surface area contributed by atoms with Gasteiger partial charge in [0.2, 0.25) is 0 Å². The van der Waals surface area contributed by atoms with Gasteiger partial charge < -0.3 is 0 Å². The van der Waals surface area contributed by atoms with Crippen LogP contribution in [0.25, 0.3) is 20.2 Å². The Morgan fingerprint density at radius 1 is 1.27 bits per heavy atom. The summed E-state index contributed by atoms with van der Waals surface area (Å²) in [6.07, 6.45) is 1.75. The van der Waals surface area contributed by atoms with E-state index in [2.05, 4.69) is 33.0 Å². The SMILES string of the molecule is Clc1ncc(Br)c2sc3ccccc3c12. The first-order valence-electron chi connectivity index (χ1n) is 4.38. The van der Waals surface area contributed by atoms with Gasteiger partial charge in [0.05, 0.1) is 9.17 Å². The quantitative estimate of drug-likeness (QED) is 0.540. The molecule has 0 N–H and O–H groups in total. The summed E-state index contributed by atoms with van der Waals surface area (Å²) in [5, 5.41) is 2.80. The molecule has 3 aromatic rings. The second-order valence-corrected chi connectivity index (χ2v) is 5.46. The van der Waals surface area contributed by atoms with Crippen molar-refractivity contribution in [3.8, 4) is 0 Å². The molecule has 0 spiro atoms. The summed E-state index contributed by atoms with van der Waals surface area (Å²) in [5.74, 6) is 0. The molecule has 15 heavy (non-hydrogen) atoms. The van der Waals surface area contributed by atoms with Gasteiger partial charge >= 0.3 is 0 Å². The summed E-state index contributed by atoms with van der Waals surface area (Å²) in [6.45, 7) is 0.